The summed E-state index contributed by atoms with van der Waals surface area (Å²) in [6.07, 6.45) is 0.968. The van der Waals surface area contributed by atoms with Crippen LogP contribution in [0.15, 0.2) is 60.7 Å². The van der Waals surface area contributed by atoms with Crippen LogP contribution in [0.2, 0.25) is 0 Å². The molecule has 0 fully saturated rings. The molecule has 0 bridgehead atoms. The van der Waals surface area contributed by atoms with Gasteiger partial charge in [0.2, 0.25) is 5.95 Å². The molecule has 132 valence electrons. The molecule has 0 radical (unpaired) electrons. The van der Waals surface area contributed by atoms with E-state index in [1.807, 2.05) is 61.5 Å². The molecule has 0 unspecified atom stereocenters. The fourth-order valence-corrected chi connectivity index (χ4v) is 2.56. The zero-order chi connectivity index (χ0) is 18.4. The highest BCUT2D eigenvalue weighted by Gasteiger charge is 2.11. The first-order valence-corrected chi connectivity index (χ1v) is 8.68. The number of amides is 1. The molecule has 3 aromatic rings. The van der Waals surface area contributed by atoms with Gasteiger partial charge < -0.3 is 10.6 Å². The Morgan fingerprint density at radius 1 is 0.962 bits per heavy atom. The standard InChI is InChI=1S/C21H22N4O/c1-3-16-9-11-18(12-10-16)24-20(26)19-13-15(2)23-21(25-19)22-14-17-7-5-4-6-8-17/h4-13H,3,14H2,1-2H3,(H,24,26)(H,22,23,25). The van der Waals surface area contributed by atoms with Crippen molar-refractivity contribution >= 4 is 17.5 Å². The number of aryl methyl sites for hydroxylation is 2. The first kappa shape index (κ1) is 17.6. The predicted octanol–water partition coefficient (Wildman–Crippen LogP) is 4.21. The van der Waals surface area contributed by atoms with Crippen LogP contribution < -0.4 is 10.6 Å². The third kappa shape index (κ3) is 4.66. The van der Waals surface area contributed by atoms with Gasteiger partial charge in [0.15, 0.2) is 0 Å². The summed E-state index contributed by atoms with van der Waals surface area (Å²) in [6.45, 7) is 4.55. The van der Waals surface area contributed by atoms with Crippen molar-refractivity contribution in [3.63, 3.8) is 0 Å². The van der Waals surface area contributed by atoms with Gasteiger partial charge in [0, 0.05) is 17.9 Å². The summed E-state index contributed by atoms with van der Waals surface area (Å²) in [4.78, 5) is 21.2. The maximum Gasteiger partial charge on any atom is 0.274 e. The number of nitrogens with zero attached hydrogens (tertiary/aromatic N) is 2. The Kier molecular flexibility index (Phi) is 5.59. The van der Waals surface area contributed by atoms with E-state index < -0.39 is 0 Å². The van der Waals surface area contributed by atoms with Crippen molar-refractivity contribution in [1.29, 1.82) is 0 Å². The zero-order valence-electron chi connectivity index (χ0n) is 15.0. The molecule has 0 spiro atoms. The van der Waals surface area contributed by atoms with Crippen LogP contribution in [0, 0.1) is 6.92 Å². The minimum Gasteiger partial charge on any atom is -0.350 e. The molecule has 26 heavy (non-hydrogen) atoms. The van der Waals surface area contributed by atoms with E-state index in [1.165, 1.54) is 5.56 Å². The molecule has 3 rings (SSSR count). The predicted molar refractivity (Wildman–Crippen MR) is 104 cm³/mol. The Balaban J connectivity index is 1.70. The maximum atomic E-state index is 12.5. The first-order valence-electron chi connectivity index (χ1n) is 8.68. The van der Waals surface area contributed by atoms with Gasteiger partial charge in [-0.3, -0.25) is 4.79 Å². The van der Waals surface area contributed by atoms with E-state index >= 15 is 0 Å². The largest absolute Gasteiger partial charge is 0.350 e. The average molecular weight is 346 g/mol. The van der Waals surface area contributed by atoms with Gasteiger partial charge in [-0.1, -0.05) is 49.4 Å². The highest BCUT2D eigenvalue weighted by atomic mass is 16.1. The van der Waals surface area contributed by atoms with Gasteiger partial charge in [0.05, 0.1) is 0 Å². The molecule has 0 saturated carbocycles. The van der Waals surface area contributed by atoms with Crippen LogP contribution >= 0.6 is 0 Å². The van der Waals surface area contributed by atoms with E-state index in [9.17, 15) is 4.79 Å². The van der Waals surface area contributed by atoms with Gasteiger partial charge in [-0.25, -0.2) is 9.97 Å². The lowest BCUT2D eigenvalue weighted by Crippen LogP contribution is -2.16. The van der Waals surface area contributed by atoms with Gasteiger partial charge >= 0.3 is 0 Å². The molecular formula is C21H22N4O. The second-order valence-electron chi connectivity index (χ2n) is 6.06. The molecule has 1 amide bonds. The van der Waals surface area contributed by atoms with Gasteiger partial charge in [-0.2, -0.15) is 0 Å². The second-order valence-corrected chi connectivity index (χ2v) is 6.06. The lowest BCUT2D eigenvalue weighted by Gasteiger charge is -2.09. The molecule has 1 heterocycles. The molecule has 0 atom stereocenters. The van der Waals surface area contributed by atoms with Crippen molar-refractivity contribution in [2.75, 3.05) is 10.6 Å². The molecule has 5 heteroatoms. The lowest BCUT2D eigenvalue weighted by atomic mass is 10.1. The van der Waals surface area contributed by atoms with Gasteiger partial charge in [0.1, 0.15) is 5.69 Å². The SMILES string of the molecule is CCc1ccc(NC(=O)c2cc(C)nc(NCc3ccccc3)n2)cc1. The van der Waals surface area contributed by atoms with E-state index in [2.05, 4.69) is 27.5 Å². The quantitative estimate of drug-likeness (QED) is 0.701. The van der Waals surface area contributed by atoms with Gasteiger partial charge in [0.25, 0.3) is 5.91 Å². The normalized spacial score (nSPS) is 10.4. The average Bonchev–Trinajstić information content (AvgIpc) is 2.67. The summed E-state index contributed by atoms with van der Waals surface area (Å²) >= 11 is 0. The molecule has 0 aliphatic heterocycles. The van der Waals surface area contributed by atoms with Crippen molar-refractivity contribution < 1.29 is 4.79 Å². The topological polar surface area (TPSA) is 66.9 Å². The number of hydrogen-bond acceptors (Lipinski definition) is 4. The smallest absolute Gasteiger partial charge is 0.274 e. The Hall–Kier alpha value is -3.21. The van der Waals surface area contributed by atoms with Crippen LogP contribution in [0.3, 0.4) is 0 Å². The lowest BCUT2D eigenvalue weighted by molar-refractivity contribution is 0.102. The summed E-state index contributed by atoms with van der Waals surface area (Å²) in [7, 11) is 0. The number of carbonyl (C=O) groups excluding carboxylic acids is 1. The summed E-state index contributed by atoms with van der Waals surface area (Å²) in [6, 6.07) is 19.5. The van der Waals surface area contributed by atoms with E-state index in [-0.39, 0.29) is 5.91 Å². The third-order valence-corrected chi connectivity index (χ3v) is 4.00. The number of aromatic nitrogens is 2. The maximum absolute atomic E-state index is 12.5. The number of anilines is 2. The van der Waals surface area contributed by atoms with Crippen LogP contribution in [-0.4, -0.2) is 15.9 Å². The Morgan fingerprint density at radius 2 is 1.69 bits per heavy atom. The van der Waals surface area contributed by atoms with Crippen molar-refractivity contribution in [2.24, 2.45) is 0 Å². The number of benzene rings is 2. The van der Waals surface area contributed by atoms with E-state index in [0.29, 0.717) is 18.2 Å². The minimum atomic E-state index is -0.248. The molecular weight excluding hydrogens is 324 g/mol. The molecule has 1 aromatic heterocycles. The molecule has 0 saturated heterocycles. The van der Waals surface area contributed by atoms with Crippen molar-refractivity contribution in [3.8, 4) is 0 Å². The first-order chi connectivity index (χ1) is 12.6. The molecule has 5 nitrogen and oxygen atoms in total. The zero-order valence-corrected chi connectivity index (χ0v) is 15.0. The second kappa shape index (κ2) is 8.25. The van der Waals surface area contributed by atoms with Crippen LogP contribution in [0.1, 0.15) is 34.2 Å². The van der Waals surface area contributed by atoms with E-state index in [4.69, 9.17) is 0 Å². The van der Waals surface area contributed by atoms with E-state index in [1.54, 1.807) is 6.07 Å². The summed E-state index contributed by atoms with van der Waals surface area (Å²) in [5.74, 6) is 0.197. The fourth-order valence-electron chi connectivity index (χ4n) is 2.56. The number of hydrogen-bond donors (Lipinski definition) is 2. The van der Waals surface area contributed by atoms with Gasteiger partial charge in [-0.05, 0) is 42.7 Å². The molecule has 0 aliphatic rings. The van der Waals surface area contributed by atoms with Crippen LogP contribution in [0.4, 0.5) is 11.6 Å². The number of nitrogens with one attached hydrogen (secondary N) is 2. The minimum absolute atomic E-state index is 0.248. The Bertz CT molecular complexity index is 876. The van der Waals surface area contributed by atoms with Crippen LogP contribution in [0.25, 0.3) is 0 Å². The third-order valence-electron chi connectivity index (χ3n) is 4.00. The van der Waals surface area contributed by atoms with Gasteiger partial charge in [-0.15, -0.1) is 0 Å². The number of rotatable bonds is 6. The molecule has 2 N–H and O–H groups in total. The Labute approximate surface area is 153 Å². The summed E-state index contributed by atoms with van der Waals surface area (Å²) < 4.78 is 0. The van der Waals surface area contributed by atoms with E-state index in [0.717, 1.165) is 23.4 Å². The summed E-state index contributed by atoms with van der Waals surface area (Å²) in [5, 5.41) is 6.05. The number of carbonyl (C=O) groups is 1. The van der Waals surface area contributed by atoms with Crippen molar-refractivity contribution in [2.45, 2.75) is 26.8 Å². The monoisotopic (exact) mass is 346 g/mol. The van der Waals surface area contributed by atoms with Crippen LogP contribution in [-0.2, 0) is 13.0 Å². The highest BCUT2D eigenvalue weighted by molar-refractivity contribution is 6.03. The Morgan fingerprint density at radius 3 is 2.38 bits per heavy atom. The summed E-state index contributed by atoms with van der Waals surface area (Å²) in [5.41, 5.74) is 4.19. The van der Waals surface area contributed by atoms with Crippen LogP contribution in [0.5, 0.6) is 0 Å². The van der Waals surface area contributed by atoms with Crippen molar-refractivity contribution in [3.05, 3.63) is 83.2 Å². The fraction of sp³-hybridized carbons (Fsp3) is 0.190. The molecule has 0 aliphatic carbocycles. The molecule has 2 aromatic carbocycles. The van der Waals surface area contributed by atoms with Crippen molar-refractivity contribution in [1.82, 2.24) is 9.97 Å². The highest BCUT2D eigenvalue weighted by Crippen LogP contribution is 2.13.